The molecule has 0 fully saturated rings. The number of nitrogens with one attached hydrogen (secondary N) is 1. The van der Waals surface area contributed by atoms with Crippen LogP contribution in [0.5, 0.6) is 0 Å². The third kappa shape index (κ3) is 4.01. The zero-order chi connectivity index (χ0) is 19.6. The van der Waals surface area contributed by atoms with Crippen molar-refractivity contribution in [3.8, 4) is 0 Å². The molecule has 0 saturated heterocycles. The van der Waals surface area contributed by atoms with Crippen molar-refractivity contribution in [2.24, 2.45) is 0 Å². The second-order valence-electron chi connectivity index (χ2n) is 6.14. The Morgan fingerprint density at radius 3 is 2.78 bits per heavy atom. The Morgan fingerprint density at radius 2 is 2.04 bits per heavy atom. The number of fused-ring (bicyclic) bond motifs is 1. The van der Waals surface area contributed by atoms with E-state index in [0.717, 1.165) is 17.7 Å². The minimum absolute atomic E-state index is 0.134. The Morgan fingerprint density at radius 1 is 1.26 bits per heavy atom. The third-order valence-electron chi connectivity index (χ3n) is 4.19. The van der Waals surface area contributed by atoms with Gasteiger partial charge in [0.2, 0.25) is 5.91 Å². The number of aliphatic hydroxyl groups excluding tert-OH is 1. The Balaban J connectivity index is 1.67. The van der Waals surface area contributed by atoms with Crippen LogP contribution in [0.4, 0.5) is 8.78 Å². The second kappa shape index (κ2) is 7.63. The normalized spacial score (nSPS) is 12.1. The van der Waals surface area contributed by atoms with Gasteiger partial charge in [-0.05, 0) is 36.2 Å². The largest absolute Gasteiger partial charge is 0.387 e. The highest BCUT2D eigenvalue weighted by atomic mass is 19.2. The number of halogens is 2. The molecule has 3 rings (SSSR count). The smallest absolute Gasteiger partial charge is 0.261 e. The van der Waals surface area contributed by atoms with E-state index in [0.29, 0.717) is 10.9 Å². The van der Waals surface area contributed by atoms with Crippen molar-refractivity contribution in [3.63, 3.8) is 0 Å². The van der Waals surface area contributed by atoms with Gasteiger partial charge in [-0.2, -0.15) is 0 Å². The van der Waals surface area contributed by atoms with Crippen molar-refractivity contribution in [1.82, 2.24) is 14.9 Å². The number of aryl methyl sites for hydroxylation is 1. The van der Waals surface area contributed by atoms with Crippen LogP contribution in [0.15, 0.2) is 47.5 Å². The highest BCUT2D eigenvalue weighted by Gasteiger charge is 2.14. The SMILES string of the molecule is Cc1cccc2c(=O)n(CC(=O)NCC(O)c3ccc(F)c(F)c3)cnc12. The molecule has 8 heteroatoms. The van der Waals surface area contributed by atoms with Gasteiger partial charge in [-0.1, -0.05) is 18.2 Å². The first-order valence-corrected chi connectivity index (χ1v) is 8.21. The molecule has 1 heterocycles. The predicted octanol–water partition coefficient (Wildman–Crippen LogP) is 1.83. The molecule has 2 aromatic carbocycles. The maximum atomic E-state index is 13.2. The quantitative estimate of drug-likeness (QED) is 0.715. The highest BCUT2D eigenvalue weighted by Crippen LogP contribution is 2.15. The second-order valence-corrected chi connectivity index (χ2v) is 6.14. The number of aliphatic hydroxyl groups is 1. The van der Waals surface area contributed by atoms with E-state index in [-0.39, 0.29) is 24.2 Å². The highest BCUT2D eigenvalue weighted by molar-refractivity contribution is 5.81. The van der Waals surface area contributed by atoms with E-state index in [2.05, 4.69) is 10.3 Å². The summed E-state index contributed by atoms with van der Waals surface area (Å²) in [6.45, 7) is 1.35. The van der Waals surface area contributed by atoms with Crippen LogP contribution in [0.3, 0.4) is 0 Å². The van der Waals surface area contributed by atoms with E-state index in [1.807, 2.05) is 13.0 Å². The van der Waals surface area contributed by atoms with Gasteiger partial charge in [-0.3, -0.25) is 14.2 Å². The zero-order valence-electron chi connectivity index (χ0n) is 14.4. The fraction of sp³-hybridized carbons (Fsp3) is 0.211. The molecule has 0 aliphatic heterocycles. The maximum Gasteiger partial charge on any atom is 0.261 e. The molecule has 2 N–H and O–H groups in total. The van der Waals surface area contributed by atoms with Crippen LogP contribution in [0, 0.1) is 18.6 Å². The summed E-state index contributed by atoms with van der Waals surface area (Å²) in [5.41, 5.74) is 1.22. The molecule has 0 spiro atoms. The van der Waals surface area contributed by atoms with E-state index < -0.39 is 23.6 Å². The number of benzene rings is 2. The number of nitrogens with zero attached hydrogens (tertiary/aromatic N) is 2. The minimum Gasteiger partial charge on any atom is -0.387 e. The Bertz CT molecular complexity index is 1070. The third-order valence-corrected chi connectivity index (χ3v) is 4.19. The van der Waals surface area contributed by atoms with Gasteiger partial charge in [0.1, 0.15) is 6.54 Å². The molecular formula is C19H17F2N3O3. The Kier molecular flexibility index (Phi) is 5.27. The first-order chi connectivity index (χ1) is 12.9. The van der Waals surface area contributed by atoms with Gasteiger partial charge in [0.05, 0.1) is 23.3 Å². The predicted molar refractivity (Wildman–Crippen MR) is 95.1 cm³/mol. The number of carbonyl (C=O) groups is 1. The summed E-state index contributed by atoms with van der Waals surface area (Å²) in [5, 5.41) is 12.9. The summed E-state index contributed by atoms with van der Waals surface area (Å²) < 4.78 is 27.3. The Hall–Kier alpha value is -3.13. The maximum absolute atomic E-state index is 13.2. The first-order valence-electron chi connectivity index (χ1n) is 8.21. The molecule has 0 bridgehead atoms. The molecule has 0 aliphatic rings. The molecule has 140 valence electrons. The van der Waals surface area contributed by atoms with Gasteiger partial charge in [0, 0.05) is 6.54 Å². The molecule has 1 aromatic heterocycles. The van der Waals surface area contributed by atoms with Gasteiger partial charge in [-0.25, -0.2) is 13.8 Å². The summed E-state index contributed by atoms with van der Waals surface area (Å²) in [4.78, 5) is 28.8. The minimum atomic E-state index is -1.21. The molecule has 1 atom stereocenters. The van der Waals surface area contributed by atoms with Crippen molar-refractivity contribution in [2.45, 2.75) is 19.6 Å². The lowest BCUT2D eigenvalue weighted by Crippen LogP contribution is -2.34. The van der Waals surface area contributed by atoms with Gasteiger partial charge >= 0.3 is 0 Å². The lowest BCUT2D eigenvalue weighted by Gasteiger charge is -2.13. The number of para-hydroxylation sites is 1. The summed E-state index contributed by atoms with van der Waals surface area (Å²) in [5.74, 6) is -2.62. The summed E-state index contributed by atoms with van der Waals surface area (Å²) >= 11 is 0. The van der Waals surface area contributed by atoms with Gasteiger partial charge in [0.25, 0.3) is 5.56 Å². The molecule has 0 aliphatic carbocycles. The zero-order valence-corrected chi connectivity index (χ0v) is 14.4. The van der Waals surface area contributed by atoms with E-state index in [4.69, 9.17) is 0 Å². The Labute approximate surface area is 153 Å². The van der Waals surface area contributed by atoms with Crippen LogP contribution >= 0.6 is 0 Å². The van der Waals surface area contributed by atoms with Crippen LogP contribution in [0.1, 0.15) is 17.2 Å². The monoisotopic (exact) mass is 373 g/mol. The number of hydrogen-bond donors (Lipinski definition) is 2. The average molecular weight is 373 g/mol. The lowest BCUT2D eigenvalue weighted by molar-refractivity contribution is -0.122. The molecule has 0 saturated carbocycles. The van der Waals surface area contributed by atoms with Crippen molar-refractivity contribution in [3.05, 3.63) is 75.8 Å². The van der Waals surface area contributed by atoms with Crippen LogP contribution in [-0.2, 0) is 11.3 Å². The van der Waals surface area contributed by atoms with Gasteiger partial charge < -0.3 is 10.4 Å². The van der Waals surface area contributed by atoms with E-state index in [1.54, 1.807) is 12.1 Å². The van der Waals surface area contributed by atoms with E-state index >= 15 is 0 Å². The van der Waals surface area contributed by atoms with Crippen molar-refractivity contribution in [1.29, 1.82) is 0 Å². The van der Waals surface area contributed by atoms with Crippen molar-refractivity contribution >= 4 is 16.8 Å². The molecule has 3 aromatic rings. The topological polar surface area (TPSA) is 84.2 Å². The number of rotatable bonds is 5. The number of carbonyl (C=O) groups excluding carboxylic acids is 1. The summed E-state index contributed by atoms with van der Waals surface area (Å²) in [7, 11) is 0. The number of aromatic nitrogens is 2. The molecule has 0 radical (unpaired) electrons. The van der Waals surface area contributed by atoms with Crippen LogP contribution in [0.2, 0.25) is 0 Å². The molecule has 1 unspecified atom stereocenters. The van der Waals surface area contributed by atoms with E-state index in [9.17, 15) is 23.5 Å². The van der Waals surface area contributed by atoms with Crippen molar-refractivity contribution < 1.29 is 18.7 Å². The first kappa shape index (κ1) is 18.7. The standard InChI is InChI=1S/C19H17F2N3O3/c1-11-3-2-4-13-18(11)23-10-24(19(13)27)9-17(26)22-8-16(25)12-5-6-14(20)15(21)7-12/h2-7,10,16,25H,8-9H2,1H3,(H,22,26). The van der Waals surface area contributed by atoms with Gasteiger partial charge in [-0.15, -0.1) is 0 Å². The molecule has 6 nitrogen and oxygen atoms in total. The van der Waals surface area contributed by atoms with Gasteiger partial charge in [0.15, 0.2) is 11.6 Å². The average Bonchev–Trinajstić information content (AvgIpc) is 2.65. The molecule has 27 heavy (non-hydrogen) atoms. The fourth-order valence-corrected chi connectivity index (χ4v) is 2.71. The molecular weight excluding hydrogens is 356 g/mol. The number of amides is 1. The van der Waals surface area contributed by atoms with Crippen LogP contribution in [0.25, 0.3) is 10.9 Å². The van der Waals surface area contributed by atoms with Crippen LogP contribution in [-0.4, -0.2) is 27.1 Å². The summed E-state index contributed by atoms with van der Waals surface area (Å²) in [6.07, 6.45) is 0.0846. The van der Waals surface area contributed by atoms with Crippen molar-refractivity contribution in [2.75, 3.05) is 6.54 Å². The summed E-state index contributed by atoms with van der Waals surface area (Å²) in [6, 6.07) is 8.22. The number of hydrogen-bond acceptors (Lipinski definition) is 4. The van der Waals surface area contributed by atoms with Crippen LogP contribution < -0.4 is 10.9 Å². The lowest BCUT2D eigenvalue weighted by atomic mass is 10.1. The molecule has 1 amide bonds. The fourth-order valence-electron chi connectivity index (χ4n) is 2.71. The van der Waals surface area contributed by atoms with E-state index in [1.165, 1.54) is 17.0 Å².